The number of thiazole rings is 1. The topological polar surface area (TPSA) is 135 Å². The molecule has 0 spiro atoms. The van der Waals surface area contributed by atoms with Gasteiger partial charge >= 0.3 is 12.3 Å². The van der Waals surface area contributed by atoms with E-state index in [1.54, 1.807) is 33.0 Å². The summed E-state index contributed by atoms with van der Waals surface area (Å²) in [7, 11) is 0. The minimum absolute atomic E-state index is 0.0537. The number of aromatic nitrogens is 6. The Labute approximate surface area is 235 Å². The first-order valence-corrected chi connectivity index (χ1v) is 13.8. The third kappa shape index (κ3) is 5.15. The van der Waals surface area contributed by atoms with E-state index in [0.29, 0.717) is 34.5 Å². The van der Waals surface area contributed by atoms with Gasteiger partial charge in [0.2, 0.25) is 12.1 Å². The standard InChI is InChI=1S/C25H27F3N8O4S/c1-23(2,3)40-22(37)36-14-7-8-24(36,13-35(11-14)21(25(26,27)28)38-12-17-31-33-34-32-17)20-30-16-6-4-5-15(18(16)39-20)19-29-9-10-41-19/h4-6,9-10,14,21H,7-8,11-13H2,1-3H3,(H,31,32,33,34). The number of rotatable bonds is 6. The van der Waals surface area contributed by atoms with E-state index in [4.69, 9.17) is 18.9 Å². The number of H-pyrrole nitrogens is 1. The van der Waals surface area contributed by atoms with Crippen LogP contribution in [0.4, 0.5) is 18.0 Å². The van der Waals surface area contributed by atoms with Crippen molar-refractivity contribution in [1.29, 1.82) is 0 Å². The number of tetrazole rings is 1. The predicted molar refractivity (Wildman–Crippen MR) is 138 cm³/mol. The highest BCUT2D eigenvalue weighted by molar-refractivity contribution is 7.13. The lowest BCUT2D eigenvalue weighted by molar-refractivity contribution is -0.280. The highest BCUT2D eigenvalue weighted by Gasteiger charge is 2.61. The van der Waals surface area contributed by atoms with Crippen LogP contribution in [0.25, 0.3) is 21.7 Å². The van der Waals surface area contributed by atoms with E-state index in [-0.39, 0.29) is 24.8 Å². The number of alkyl halides is 3. The summed E-state index contributed by atoms with van der Waals surface area (Å²) in [5.41, 5.74) is -0.510. The number of carbonyl (C=O) groups is 1. The van der Waals surface area contributed by atoms with Crippen molar-refractivity contribution >= 4 is 28.5 Å². The number of likely N-dealkylation sites (tertiary alicyclic amines) is 1. The van der Waals surface area contributed by atoms with Crippen LogP contribution in [0.1, 0.15) is 45.3 Å². The van der Waals surface area contributed by atoms with E-state index in [0.717, 1.165) is 0 Å². The van der Waals surface area contributed by atoms with Gasteiger partial charge in [0, 0.05) is 30.7 Å². The van der Waals surface area contributed by atoms with Gasteiger partial charge in [-0.2, -0.15) is 13.2 Å². The second-order valence-electron chi connectivity index (χ2n) is 11.1. The first-order chi connectivity index (χ1) is 19.4. The van der Waals surface area contributed by atoms with E-state index >= 15 is 0 Å². The minimum Gasteiger partial charge on any atom is -0.444 e. The zero-order chi connectivity index (χ0) is 29.0. The Bertz CT molecular complexity index is 1520. The lowest BCUT2D eigenvalue weighted by atomic mass is 9.94. The number of para-hydroxylation sites is 1. The molecule has 4 aromatic rings. The van der Waals surface area contributed by atoms with Gasteiger partial charge < -0.3 is 13.9 Å². The van der Waals surface area contributed by atoms with Gasteiger partial charge in [0.15, 0.2) is 11.4 Å². The molecule has 2 fully saturated rings. The van der Waals surface area contributed by atoms with Gasteiger partial charge in [0.1, 0.15) is 28.3 Å². The van der Waals surface area contributed by atoms with Crippen molar-refractivity contribution in [2.45, 2.75) is 69.8 Å². The maximum absolute atomic E-state index is 14.4. The summed E-state index contributed by atoms with van der Waals surface area (Å²) in [5.74, 6) is 0.188. The van der Waals surface area contributed by atoms with Crippen LogP contribution in [0.3, 0.4) is 0 Å². The fourth-order valence-electron chi connectivity index (χ4n) is 5.57. The Morgan fingerprint density at radius 1 is 1.32 bits per heavy atom. The summed E-state index contributed by atoms with van der Waals surface area (Å²) < 4.78 is 60.7. The largest absolute Gasteiger partial charge is 0.444 e. The lowest BCUT2D eigenvalue weighted by Gasteiger charge is -2.49. The number of nitrogens with one attached hydrogen (secondary N) is 1. The van der Waals surface area contributed by atoms with Crippen LogP contribution in [0, 0.1) is 0 Å². The SMILES string of the molecule is CC(C)(C)OC(=O)N1C2CCC1(c1nc3cccc(-c4nccs4)c3o1)CN(C(OCc1nnn[nH]1)C(F)(F)F)C2. The van der Waals surface area contributed by atoms with Crippen molar-refractivity contribution < 1.29 is 31.9 Å². The second kappa shape index (κ2) is 10.0. The number of ether oxygens (including phenoxy) is 2. The number of nitrogens with zero attached hydrogens (tertiary/aromatic N) is 7. The average Bonchev–Trinajstić information content (AvgIpc) is 3.68. The smallest absolute Gasteiger partial charge is 0.428 e. The Hall–Kier alpha value is -3.63. The molecule has 2 aliphatic heterocycles. The molecular formula is C25H27F3N8O4S. The number of piperazine rings is 1. The Kier molecular flexibility index (Phi) is 6.73. The molecule has 218 valence electrons. The predicted octanol–water partition coefficient (Wildman–Crippen LogP) is 4.48. The molecule has 0 saturated carbocycles. The number of benzene rings is 1. The van der Waals surface area contributed by atoms with E-state index in [1.165, 1.54) is 21.1 Å². The Morgan fingerprint density at radius 2 is 2.15 bits per heavy atom. The first-order valence-electron chi connectivity index (χ1n) is 12.9. The molecule has 1 amide bonds. The van der Waals surface area contributed by atoms with E-state index in [2.05, 4.69) is 25.6 Å². The summed E-state index contributed by atoms with van der Waals surface area (Å²) >= 11 is 1.42. The van der Waals surface area contributed by atoms with E-state index in [9.17, 15) is 18.0 Å². The van der Waals surface area contributed by atoms with Crippen LogP contribution in [-0.2, 0) is 21.6 Å². The molecular weight excluding hydrogens is 565 g/mol. The van der Waals surface area contributed by atoms with E-state index < -0.39 is 42.3 Å². The molecule has 3 atom stereocenters. The normalized spacial score (nSPS) is 22.4. The van der Waals surface area contributed by atoms with Gasteiger partial charge in [-0.3, -0.25) is 9.80 Å². The van der Waals surface area contributed by atoms with Gasteiger partial charge in [-0.25, -0.2) is 19.9 Å². The Morgan fingerprint density at radius 3 is 2.83 bits per heavy atom. The van der Waals surface area contributed by atoms with Gasteiger partial charge in [-0.05, 0) is 56.2 Å². The number of hydrogen-bond acceptors (Lipinski definition) is 11. The molecule has 1 N–H and O–H groups in total. The quantitative estimate of drug-likeness (QED) is 0.341. The maximum Gasteiger partial charge on any atom is 0.428 e. The maximum atomic E-state index is 14.4. The van der Waals surface area contributed by atoms with Gasteiger partial charge in [-0.1, -0.05) is 6.07 Å². The number of amides is 1. The van der Waals surface area contributed by atoms with Crippen molar-refractivity contribution in [3.63, 3.8) is 0 Å². The van der Waals surface area contributed by atoms with Crippen LogP contribution in [0.15, 0.2) is 34.2 Å². The third-order valence-corrected chi connectivity index (χ3v) is 7.88. The molecule has 0 radical (unpaired) electrons. The van der Waals surface area contributed by atoms with Crippen molar-refractivity contribution in [3.8, 4) is 10.6 Å². The minimum atomic E-state index is -4.75. The van der Waals surface area contributed by atoms with Crippen molar-refractivity contribution in [1.82, 2.24) is 40.4 Å². The number of fused-ring (bicyclic) bond motifs is 3. The molecule has 16 heteroatoms. The van der Waals surface area contributed by atoms with Crippen LogP contribution < -0.4 is 0 Å². The van der Waals surface area contributed by atoms with Crippen LogP contribution in [0.2, 0.25) is 0 Å². The molecule has 3 aromatic heterocycles. The molecule has 3 unspecified atom stereocenters. The van der Waals surface area contributed by atoms with Crippen LogP contribution in [-0.4, -0.2) is 83.6 Å². The summed E-state index contributed by atoms with van der Waals surface area (Å²) in [6.45, 7) is 4.39. The number of carbonyl (C=O) groups excluding carboxylic acids is 1. The van der Waals surface area contributed by atoms with Gasteiger partial charge in [0.05, 0.1) is 5.56 Å². The fraction of sp³-hybridized carbons (Fsp3) is 0.520. The van der Waals surface area contributed by atoms with Crippen molar-refractivity contribution in [2.24, 2.45) is 0 Å². The zero-order valence-electron chi connectivity index (χ0n) is 22.4. The number of halogens is 3. The molecule has 5 heterocycles. The third-order valence-electron chi connectivity index (χ3n) is 7.07. The van der Waals surface area contributed by atoms with Crippen molar-refractivity contribution in [2.75, 3.05) is 13.1 Å². The molecule has 6 rings (SSSR count). The Balaban J connectivity index is 1.42. The molecule has 12 nitrogen and oxygen atoms in total. The van der Waals surface area contributed by atoms with Crippen LogP contribution >= 0.6 is 11.3 Å². The van der Waals surface area contributed by atoms with Gasteiger partial charge in [0.25, 0.3) is 0 Å². The molecule has 0 aliphatic carbocycles. The fourth-order valence-corrected chi connectivity index (χ4v) is 6.23. The first kappa shape index (κ1) is 27.5. The molecule has 2 saturated heterocycles. The summed E-state index contributed by atoms with van der Waals surface area (Å²) in [6.07, 6.45) is -5.26. The monoisotopic (exact) mass is 592 g/mol. The summed E-state index contributed by atoms with van der Waals surface area (Å²) in [5, 5.41) is 15.3. The average molecular weight is 593 g/mol. The number of aromatic amines is 1. The highest BCUT2D eigenvalue weighted by Crippen LogP contribution is 2.49. The summed E-state index contributed by atoms with van der Waals surface area (Å²) in [4.78, 5) is 25.4. The van der Waals surface area contributed by atoms with Crippen molar-refractivity contribution in [3.05, 3.63) is 41.5 Å². The summed E-state index contributed by atoms with van der Waals surface area (Å²) in [6, 6.07) is 4.81. The number of hydrogen-bond donors (Lipinski definition) is 1. The van der Waals surface area contributed by atoms with Gasteiger partial charge in [-0.15, -0.1) is 16.4 Å². The molecule has 41 heavy (non-hydrogen) atoms. The molecule has 2 bridgehead atoms. The highest BCUT2D eigenvalue weighted by atomic mass is 32.1. The van der Waals surface area contributed by atoms with Crippen LogP contribution in [0.5, 0.6) is 0 Å². The lowest BCUT2D eigenvalue weighted by Crippen LogP contribution is -2.65. The second-order valence-corrected chi connectivity index (χ2v) is 12.0. The van der Waals surface area contributed by atoms with E-state index in [1.807, 2.05) is 17.5 Å². The molecule has 2 aliphatic rings. The number of oxazole rings is 1. The zero-order valence-corrected chi connectivity index (χ0v) is 23.2. The molecule has 1 aromatic carbocycles.